The minimum Gasteiger partial charge on any atom is -0.398 e. The molecule has 3 heteroatoms. The maximum absolute atomic E-state index is 6.13. The Morgan fingerprint density at radius 3 is 2.10 bits per heavy atom. The predicted octanol–water partition coefficient (Wildman–Crippen LogP) is 4.04. The fourth-order valence-corrected chi connectivity index (χ4v) is 2.29. The number of hydrogen-bond acceptors (Lipinski definition) is 3. The second kappa shape index (κ2) is 5.45. The standard InChI is InChI=1S/C17H21N3/c1-10-12(3)17(13(4)11(2)16(10)18)20-14(5)15-8-6-7-9-19-15/h6-9H,18H2,1-5H3/b20-14-. The van der Waals surface area contributed by atoms with Crippen molar-refractivity contribution in [3.8, 4) is 0 Å². The van der Waals surface area contributed by atoms with Crippen LogP contribution < -0.4 is 5.73 Å². The van der Waals surface area contributed by atoms with Crippen LogP contribution in [0.25, 0.3) is 0 Å². The summed E-state index contributed by atoms with van der Waals surface area (Å²) in [6, 6.07) is 5.85. The summed E-state index contributed by atoms with van der Waals surface area (Å²) in [5.74, 6) is 0. The van der Waals surface area contributed by atoms with Crippen LogP contribution in [0.4, 0.5) is 11.4 Å². The number of benzene rings is 1. The van der Waals surface area contributed by atoms with Crippen molar-refractivity contribution in [1.82, 2.24) is 4.98 Å². The van der Waals surface area contributed by atoms with Gasteiger partial charge in [-0.25, -0.2) is 0 Å². The second-order valence-electron chi connectivity index (χ2n) is 5.17. The summed E-state index contributed by atoms with van der Waals surface area (Å²) in [5, 5.41) is 0. The van der Waals surface area contributed by atoms with E-state index in [2.05, 4.69) is 18.8 Å². The summed E-state index contributed by atoms with van der Waals surface area (Å²) >= 11 is 0. The van der Waals surface area contributed by atoms with Crippen molar-refractivity contribution in [3.05, 3.63) is 52.3 Å². The number of rotatable bonds is 2. The van der Waals surface area contributed by atoms with Crippen LogP contribution in [0.1, 0.15) is 34.9 Å². The molecule has 20 heavy (non-hydrogen) atoms. The molecule has 3 nitrogen and oxygen atoms in total. The van der Waals surface area contributed by atoms with Gasteiger partial charge >= 0.3 is 0 Å². The maximum atomic E-state index is 6.13. The highest BCUT2D eigenvalue weighted by atomic mass is 14.8. The van der Waals surface area contributed by atoms with E-state index in [0.717, 1.165) is 45.0 Å². The maximum Gasteiger partial charge on any atom is 0.0841 e. The number of hydrogen-bond donors (Lipinski definition) is 1. The van der Waals surface area contributed by atoms with Crippen LogP contribution in [-0.4, -0.2) is 10.7 Å². The summed E-state index contributed by atoms with van der Waals surface area (Å²) in [6.07, 6.45) is 1.79. The van der Waals surface area contributed by atoms with Crippen molar-refractivity contribution in [3.63, 3.8) is 0 Å². The van der Waals surface area contributed by atoms with Gasteiger partial charge in [0.25, 0.3) is 0 Å². The predicted molar refractivity (Wildman–Crippen MR) is 85.9 cm³/mol. The highest BCUT2D eigenvalue weighted by Crippen LogP contribution is 2.34. The fourth-order valence-electron chi connectivity index (χ4n) is 2.29. The van der Waals surface area contributed by atoms with Gasteiger partial charge in [0, 0.05) is 11.9 Å². The zero-order chi connectivity index (χ0) is 14.9. The molecule has 0 aliphatic carbocycles. The zero-order valence-corrected chi connectivity index (χ0v) is 12.8. The lowest BCUT2D eigenvalue weighted by Crippen LogP contribution is -2.02. The number of nitrogen functional groups attached to an aromatic ring is 1. The first-order valence-electron chi connectivity index (χ1n) is 6.76. The van der Waals surface area contributed by atoms with Gasteiger partial charge in [0.05, 0.1) is 17.1 Å². The van der Waals surface area contributed by atoms with Gasteiger partial charge in [0.2, 0.25) is 0 Å². The number of anilines is 1. The lowest BCUT2D eigenvalue weighted by atomic mass is 9.96. The van der Waals surface area contributed by atoms with Crippen molar-refractivity contribution in [2.45, 2.75) is 34.6 Å². The molecule has 0 atom stereocenters. The second-order valence-corrected chi connectivity index (χ2v) is 5.17. The molecule has 0 spiro atoms. The first-order chi connectivity index (χ1) is 9.43. The molecule has 0 bridgehead atoms. The molecule has 104 valence electrons. The summed E-state index contributed by atoms with van der Waals surface area (Å²) < 4.78 is 0. The van der Waals surface area contributed by atoms with Gasteiger partial charge in [-0.3, -0.25) is 9.98 Å². The van der Waals surface area contributed by atoms with E-state index in [1.165, 1.54) is 0 Å². The monoisotopic (exact) mass is 267 g/mol. The Morgan fingerprint density at radius 1 is 1.00 bits per heavy atom. The average Bonchev–Trinajstić information content (AvgIpc) is 2.48. The van der Waals surface area contributed by atoms with Crippen LogP contribution >= 0.6 is 0 Å². The quantitative estimate of drug-likeness (QED) is 0.659. The van der Waals surface area contributed by atoms with Crippen molar-refractivity contribution < 1.29 is 0 Å². The third-order valence-corrected chi connectivity index (χ3v) is 3.96. The number of nitrogens with two attached hydrogens (primary N) is 1. The van der Waals surface area contributed by atoms with E-state index >= 15 is 0 Å². The van der Waals surface area contributed by atoms with Crippen LogP contribution in [-0.2, 0) is 0 Å². The van der Waals surface area contributed by atoms with E-state index < -0.39 is 0 Å². The Hall–Kier alpha value is -2.16. The molecule has 0 aliphatic heterocycles. The third kappa shape index (κ3) is 2.44. The molecular weight excluding hydrogens is 246 g/mol. The fraction of sp³-hybridized carbons (Fsp3) is 0.294. The average molecular weight is 267 g/mol. The molecule has 0 unspecified atom stereocenters. The van der Waals surface area contributed by atoms with Gasteiger partial charge in [0.15, 0.2) is 0 Å². The zero-order valence-electron chi connectivity index (χ0n) is 12.8. The van der Waals surface area contributed by atoms with Gasteiger partial charge in [-0.05, 0) is 69.0 Å². The Morgan fingerprint density at radius 2 is 1.60 bits per heavy atom. The smallest absolute Gasteiger partial charge is 0.0841 e. The van der Waals surface area contributed by atoms with Crippen LogP contribution in [0, 0.1) is 27.7 Å². The molecule has 0 saturated carbocycles. The van der Waals surface area contributed by atoms with Gasteiger partial charge in [-0.1, -0.05) is 6.07 Å². The summed E-state index contributed by atoms with van der Waals surface area (Å²) in [5.41, 5.74) is 14.3. The van der Waals surface area contributed by atoms with E-state index in [0.29, 0.717) is 0 Å². The van der Waals surface area contributed by atoms with Crippen LogP contribution in [0.3, 0.4) is 0 Å². The van der Waals surface area contributed by atoms with Crippen LogP contribution in [0.2, 0.25) is 0 Å². The molecule has 2 aromatic rings. The molecular formula is C17H21N3. The molecule has 0 aliphatic rings. The SMILES string of the molecule is C/C(=N/c1c(C)c(C)c(N)c(C)c1C)c1ccccn1. The Kier molecular flexibility index (Phi) is 3.89. The summed E-state index contributed by atoms with van der Waals surface area (Å²) in [6.45, 7) is 10.2. The Bertz CT molecular complexity index is 641. The Balaban J connectivity index is 2.60. The van der Waals surface area contributed by atoms with Crippen molar-refractivity contribution in [1.29, 1.82) is 0 Å². The van der Waals surface area contributed by atoms with Crippen LogP contribution in [0.15, 0.2) is 29.4 Å². The minimum atomic E-state index is 0.870. The summed E-state index contributed by atoms with van der Waals surface area (Å²) in [4.78, 5) is 9.13. The Labute approximate surface area is 120 Å². The largest absolute Gasteiger partial charge is 0.398 e. The van der Waals surface area contributed by atoms with Gasteiger partial charge in [0.1, 0.15) is 0 Å². The molecule has 0 radical (unpaired) electrons. The molecule has 1 aromatic carbocycles. The molecule has 0 amide bonds. The lowest BCUT2D eigenvalue weighted by molar-refractivity contribution is 1.21. The summed E-state index contributed by atoms with van der Waals surface area (Å²) in [7, 11) is 0. The van der Waals surface area contributed by atoms with E-state index in [1.54, 1.807) is 6.20 Å². The van der Waals surface area contributed by atoms with Gasteiger partial charge in [-0.2, -0.15) is 0 Å². The molecule has 0 fully saturated rings. The minimum absolute atomic E-state index is 0.870. The van der Waals surface area contributed by atoms with Gasteiger partial charge in [-0.15, -0.1) is 0 Å². The molecule has 1 heterocycles. The normalized spacial score (nSPS) is 11.8. The topological polar surface area (TPSA) is 51.3 Å². The van der Waals surface area contributed by atoms with E-state index in [-0.39, 0.29) is 0 Å². The van der Waals surface area contributed by atoms with E-state index in [9.17, 15) is 0 Å². The number of nitrogens with zero attached hydrogens (tertiary/aromatic N) is 2. The van der Waals surface area contributed by atoms with Crippen molar-refractivity contribution >= 4 is 17.1 Å². The van der Waals surface area contributed by atoms with Gasteiger partial charge < -0.3 is 5.73 Å². The highest BCUT2D eigenvalue weighted by molar-refractivity contribution is 5.99. The van der Waals surface area contributed by atoms with Crippen LogP contribution in [0.5, 0.6) is 0 Å². The highest BCUT2D eigenvalue weighted by Gasteiger charge is 2.12. The first kappa shape index (κ1) is 14.3. The molecule has 1 aromatic heterocycles. The number of pyridine rings is 1. The molecule has 2 rings (SSSR count). The number of aromatic nitrogens is 1. The third-order valence-electron chi connectivity index (χ3n) is 3.96. The van der Waals surface area contributed by atoms with Crippen molar-refractivity contribution in [2.24, 2.45) is 4.99 Å². The first-order valence-corrected chi connectivity index (χ1v) is 6.76. The molecule has 0 saturated heterocycles. The number of aliphatic imine (C=N–C) groups is 1. The van der Waals surface area contributed by atoms with Crippen molar-refractivity contribution in [2.75, 3.05) is 5.73 Å². The van der Waals surface area contributed by atoms with E-state index in [1.807, 2.05) is 39.0 Å². The lowest BCUT2D eigenvalue weighted by Gasteiger charge is -2.16. The van der Waals surface area contributed by atoms with E-state index in [4.69, 9.17) is 10.7 Å². The molecule has 2 N–H and O–H groups in total.